The van der Waals surface area contributed by atoms with Crippen LogP contribution in [0.4, 0.5) is 0 Å². The van der Waals surface area contributed by atoms with Gasteiger partial charge in [0.2, 0.25) is 0 Å². The highest BCUT2D eigenvalue weighted by Crippen LogP contribution is 2.24. The quantitative estimate of drug-likeness (QED) is 0.770. The van der Waals surface area contributed by atoms with E-state index in [1.54, 1.807) is 0 Å². The van der Waals surface area contributed by atoms with Gasteiger partial charge in [0.1, 0.15) is 0 Å². The molecule has 0 aliphatic heterocycles. The normalized spacial score (nSPS) is 12.5. The fraction of sp³-hybridized carbons (Fsp3) is 0.118. The van der Waals surface area contributed by atoms with Gasteiger partial charge in [-0.1, -0.05) is 48.5 Å². The van der Waals surface area contributed by atoms with Gasteiger partial charge in [-0.25, -0.2) is 0 Å². The zero-order valence-electron chi connectivity index (χ0n) is 10.7. The van der Waals surface area contributed by atoms with Crippen LogP contribution in [-0.2, 0) is 6.42 Å². The zero-order valence-corrected chi connectivity index (χ0v) is 10.7. The molecule has 94 valence electrons. The van der Waals surface area contributed by atoms with Crippen molar-refractivity contribution < 1.29 is 0 Å². The number of nitrogens with zero attached hydrogens (tertiary/aromatic N) is 1. The summed E-state index contributed by atoms with van der Waals surface area (Å²) in [6.45, 7) is 0. The van der Waals surface area contributed by atoms with Gasteiger partial charge >= 0.3 is 0 Å². The summed E-state index contributed by atoms with van der Waals surface area (Å²) >= 11 is 0. The Balaban J connectivity index is 1.96. The van der Waals surface area contributed by atoms with Crippen LogP contribution in [0.25, 0.3) is 10.8 Å². The summed E-state index contributed by atoms with van der Waals surface area (Å²) in [5.74, 6) is 0. The second-order valence-electron chi connectivity index (χ2n) is 4.74. The number of pyridine rings is 1. The first-order valence-electron chi connectivity index (χ1n) is 6.47. The molecule has 0 fully saturated rings. The number of nitrogens with two attached hydrogens (primary N) is 1. The Morgan fingerprint density at radius 1 is 0.947 bits per heavy atom. The molecule has 3 aromatic rings. The molecule has 0 radical (unpaired) electrons. The van der Waals surface area contributed by atoms with Gasteiger partial charge in [0.25, 0.3) is 0 Å². The van der Waals surface area contributed by atoms with E-state index in [9.17, 15) is 0 Å². The lowest BCUT2D eigenvalue weighted by Gasteiger charge is -2.14. The highest BCUT2D eigenvalue weighted by atomic mass is 14.6. The molecule has 0 saturated heterocycles. The molecule has 2 N–H and O–H groups in total. The third kappa shape index (κ3) is 2.49. The Morgan fingerprint density at radius 3 is 2.63 bits per heavy atom. The molecule has 3 rings (SSSR count). The fourth-order valence-electron chi connectivity index (χ4n) is 2.45. The number of rotatable bonds is 3. The average Bonchev–Trinajstić information content (AvgIpc) is 2.47. The summed E-state index contributed by atoms with van der Waals surface area (Å²) in [5, 5.41) is 2.34. The Hall–Kier alpha value is -2.19. The van der Waals surface area contributed by atoms with Gasteiger partial charge in [-0.3, -0.25) is 4.98 Å². The smallest absolute Gasteiger partial charge is 0.0346 e. The van der Waals surface area contributed by atoms with Crippen LogP contribution in [0.5, 0.6) is 0 Å². The van der Waals surface area contributed by atoms with Gasteiger partial charge in [-0.2, -0.15) is 0 Å². The lowest BCUT2D eigenvalue weighted by atomic mass is 9.95. The summed E-state index contributed by atoms with van der Waals surface area (Å²) in [5.41, 5.74) is 8.82. The minimum Gasteiger partial charge on any atom is -0.324 e. The molecule has 1 heterocycles. The highest BCUT2D eigenvalue weighted by Gasteiger charge is 2.10. The molecule has 19 heavy (non-hydrogen) atoms. The van der Waals surface area contributed by atoms with Crippen LogP contribution < -0.4 is 5.73 Å². The average molecular weight is 248 g/mol. The van der Waals surface area contributed by atoms with E-state index in [4.69, 9.17) is 5.73 Å². The largest absolute Gasteiger partial charge is 0.324 e. The fourth-order valence-corrected chi connectivity index (χ4v) is 2.45. The summed E-state index contributed by atoms with van der Waals surface area (Å²) in [6.07, 6.45) is 4.55. The van der Waals surface area contributed by atoms with E-state index >= 15 is 0 Å². The van der Waals surface area contributed by atoms with Crippen LogP contribution in [-0.4, -0.2) is 4.98 Å². The summed E-state index contributed by atoms with van der Waals surface area (Å²) in [4.78, 5) is 4.16. The van der Waals surface area contributed by atoms with E-state index in [1.807, 2.05) is 30.6 Å². The van der Waals surface area contributed by atoms with Crippen molar-refractivity contribution in [2.75, 3.05) is 0 Å². The van der Waals surface area contributed by atoms with Crippen molar-refractivity contribution in [3.05, 3.63) is 78.1 Å². The minimum atomic E-state index is 0.00787. The number of hydrogen-bond donors (Lipinski definition) is 1. The monoisotopic (exact) mass is 248 g/mol. The van der Waals surface area contributed by atoms with Crippen LogP contribution in [0.3, 0.4) is 0 Å². The van der Waals surface area contributed by atoms with Gasteiger partial charge < -0.3 is 5.73 Å². The van der Waals surface area contributed by atoms with E-state index in [0.29, 0.717) is 0 Å². The maximum Gasteiger partial charge on any atom is 0.0346 e. The predicted molar refractivity (Wildman–Crippen MR) is 78.8 cm³/mol. The van der Waals surface area contributed by atoms with Crippen molar-refractivity contribution in [1.29, 1.82) is 0 Å². The molecule has 2 heteroatoms. The number of benzene rings is 2. The Kier molecular flexibility index (Phi) is 3.25. The maximum absolute atomic E-state index is 6.37. The number of hydrogen-bond acceptors (Lipinski definition) is 2. The van der Waals surface area contributed by atoms with E-state index in [1.165, 1.54) is 16.5 Å². The molecule has 0 spiro atoms. The molecular formula is C17H16N2. The first kappa shape index (κ1) is 11.9. The van der Waals surface area contributed by atoms with Gasteiger partial charge in [0.15, 0.2) is 0 Å². The van der Waals surface area contributed by atoms with Crippen LogP contribution in [0, 0.1) is 0 Å². The summed E-state index contributed by atoms with van der Waals surface area (Å²) < 4.78 is 0. The third-order valence-electron chi connectivity index (χ3n) is 3.41. The van der Waals surface area contributed by atoms with Crippen molar-refractivity contribution in [2.24, 2.45) is 5.73 Å². The van der Waals surface area contributed by atoms with Crippen molar-refractivity contribution in [1.82, 2.24) is 4.98 Å². The lowest BCUT2D eigenvalue weighted by molar-refractivity contribution is 0.728. The van der Waals surface area contributed by atoms with Crippen molar-refractivity contribution >= 4 is 10.8 Å². The van der Waals surface area contributed by atoms with E-state index in [2.05, 4.69) is 41.4 Å². The molecule has 0 saturated carbocycles. The number of aromatic nitrogens is 1. The standard InChI is InChI=1S/C17H16N2/c18-17(11-13-5-2-1-3-6-13)16-8-4-7-14-12-19-10-9-15(14)16/h1-10,12,17H,11,18H2. The predicted octanol–water partition coefficient (Wildman–Crippen LogP) is 3.48. The Morgan fingerprint density at radius 2 is 1.79 bits per heavy atom. The van der Waals surface area contributed by atoms with Gasteiger partial charge in [0, 0.05) is 23.8 Å². The van der Waals surface area contributed by atoms with E-state index < -0.39 is 0 Å². The summed E-state index contributed by atoms with van der Waals surface area (Å²) in [7, 11) is 0. The summed E-state index contributed by atoms with van der Waals surface area (Å²) in [6, 6.07) is 18.6. The second kappa shape index (κ2) is 5.21. The van der Waals surface area contributed by atoms with Crippen molar-refractivity contribution in [3.63, 3.8) is 0 Å². The zero-order chi connectivity index (χ0) is 13.1. The van der Waals surface area contributed by atoms with Crippen LogP contribution in [0.15, 0.2) is 67.0 Å². The molecule has 2 aromatic carbocycles. The molecule has 1 aromatic heterocycles. The number of fused-ring (bicyclic) bond motifs is 1. The molecule has 0 aliphatic rings. The molecule has 1 atom stereocenters. The second-order valence-corrected chi connectivity index (χ2v) is 4.74. The van der Waals surface area contributed by atoms with Gasteiger partial charge in [-0.15, -0.1) is 0 Å². The molecule has 0 amide bonds. The van der Waals surface area contributed by atoms with Gasteiger partial charge in [0.05, 0.1) is 0 Å². The Bertz CT molecular complexity index is 672. The Labute approximate surface area is 112 Å². The highest BCUT2D eigenvalue weighted by molar-refractivity contribution is 5.85. The lowest BCUT2D eigenvalue weighted by Crippen LogP contribution is -2.13. The molecular weight excluding hydrogens is 232 g/mol. The molecule has 1 unspecified atom stereocenters. The molecule has 0 bridgehead atoms. The third-order valence-corrected chi connectivity index (χ3v) is 3.41. The first-order chi connectivity index (χ1) is 9.34. The van der Waals surface area contributed by atoms with Crippen LogP contribution in [0.1, 0.15) is 17.2 Å². The SMILES string of the molecule is NC(Cc1ccccc1)c1cccc2cnccc12. The van der Waals surface area contributed by atoms with Gasteiger partial charge in [-0.05, 0) is 29.0 Å². The maximum atomic E-state index is 6.37. The van der Waals surface area contributed by atoms with E-state index in [-0.39, 0.29) is 6.04 Å². The molecule has 0 aliphatic carbocycles. The van der Waals surface area contributed by atoms with Crippen molar-refractivity contribution in [3.8, 4) is 0 Å². The minimum absolute atomic E-state index is 0.00787. The van der Waals surface area contributed by atoms with E-state index in [0.717, 1.165) is 11.8 Å². The van der Waals surface area contributed by atoms with Crippen LogP contribution in [0.2, 0.25) is 0 Å². The first-order valence-corrected chi connectivity index (χ1v) is 6.47. The topological polar surface area (TPSA) is 38.9 Å². The molecule has 2 nitrogen and oxygen atoms in total. The van der Waals surface area contributed by atoms with Crippen molar-refractivity contribution in [2.45, 2.75) is 12.5 Å². The van der Waals surface area contributed by atoms with Crippen LogP contribution >= 0.6 is 0 Å².